The molecule has 5 nitrogen and oxygen atoms in total. The SMILES string of the molecule is O=C(Nc1ccc(NC(=O)C2CC2)cc1C(F)(F)F)c1cc2cccc(Br)c2o1. The normalized spacial score (nSPS) is 14.1. The van der Waals surface area contributed by atoms with Crippen LogP contribution in [0.3, 0.4) is 0 Å². The molecule has 0 saturated heterocycles. The van der Waals surface area contributed by atoms with Crippen molar-refractivity contribution in [2.24, 2.45) is 5.92 Å². The van der Waals surface area contributed by atoms with Crippen molar-refractivity contribution in [3.63, 3.8) is 0 Å². The van der Waals surface area contributed by atoms with Gasteiger partial charge in [0, 0.05) is 17.0 Å². The van der Waals surface area contributed by atoms with Gasteiger partial charge in [-0.2, -0.15) is 13.2 Å². The van der Waals surface area contributed by atoms with Gasteiger partial charge in [0.05, 0.1) is 15.7 Å². The molecule has 0 bridgehead atoms. The number of nitrogens with one attached hydrogen (secondary N) is 2. The molecule has 29 heavy (non-hydrogen) atoms. The number of anilines is 2. The van der Waals surface area contributed by atoms with Gasteiger partial charge in [0.25, 0.3) is 5.91 Å². The Hall–Kier alpha value is -2.81. The Morgan fingerprint density at radius 2 is 1.83 bits per heavy atom. The Morgan fingerprint density at radius 3 is 2.48 bits per heavy atom. The summed E-state index contributed by atoms with van der Waals surface area (Å²) in [6, 6.07) is 9.89. The molecular formula is C20H14BrF3N2O3. The molecule has 0 unspecified atom stereocenters. The number of carbonyl (C=O) groups is 2. The number of alkyl halides is 3. The van der Waals surface area contributed by atoms with Crippen LogP contribution in [0.25, 0.3) is 11.0 Å². The Bertz CT molecular complexity index is 1120. The molecule has 1 heterocycles. The highest BCUT2D eigenvalue weighted by molar-refractivity contribution is 9.10. The average Bonchev–Trinajstić information content (AvgIpc) is 3.41. The first-order valence-electron chi connectivity index (χ1n) is 8.74. The van der Waals surface area contributed by atoms with Crippen molar-refractivity contribution in [1.29, 1.82) is 0 Å². The zero-order chi connectivity index (χ0) is 20.8. The summed E-state index contributed by atoms with van der Waals surface area (Å²) in [4.78, 5) is 24.3. The first kappa shape index (κ1) is 19.5. The summed E-state index contributed by atoms with van der Waals surface area (Å²) in [5, 5.41) is 5.36. The topological polar surface area (TPSA) is 71.3 Å². The van der Waals surface area contributed by atoms with E-state index < -0.39 is 23.3 Å². The van der Waals surface area contributed by atoms with Crippen LogP contribution in [-0.4, -0.2) is 11.8 Å². The highest BCUT2D eigenvalue weighted by Crippen LogP contribution is 2.38. The summed E-state index contributed by atoms with van der Waals surface area (Å²) in [6.07, 6.45) is -3.25. The fourth-order valence-corrected chi connectivity index (χ4v) is 3.34. The molecule has 150 valence electrons. The molecule has 0 aliphatic heterocycles. The third-order valence-electron chi connectivity index (χ3n) is 4.51. The second kappa shape index (κ2) is 7.22. The van der Waals surface area contributed by atoms with Crippen molar-refractivity contribution in [3.8, 4) is 0 Å². The molecule has 1 aliphatic carbocycles. The molecule has 2 aromatic carbocycles. The Balaban J connectivity index is 1.61. The maximum atomic E-state index is 13.5. The second-order valence-electron chi connectivity index (χ2n) is 6.74. The van der Waals surface area contributed by atoms with E-state index in [2.05, 4.69) is 26.6 Å². The van der Waals surface area contributed by atoms with Crippen LogP contribution in [0.15, 0.2) is 51.4 Å². The third-order valence-corrected chi connectivity index (χ3v) is 5.13. The van der Waals surface area contributed by atoms with Gasteiger partial charge < -0.3 is 15.1 Å². The minimum Gasteiger partial charge on any atom is -0.450 e. The molecule has 2 amide bonds. The summed E-state index contributed by atoms with van der Waals surface area (Å²) in [7, 11) is 0. The summed E-state index contributed by atoms with van der Waals surface area (Å²) in [5.74, 6) is -1.38. The zero-order valence-electron chi connectivity index (χ0n) is 14.8. The first-order chi connectivity index (χ1) is 13.7. The molecule has 1 fully saturated rings. The molecule has 1 aliphatic rings. The minimum absolute atomic E-state index is 0.0277. The van der Waals surface area contributed by atoms with Gasteiger partial charge in [0.2, 0.25) is 5.91 Å². The minimum atomic E-state index is -4.72. The Kier molecular flexibility index (Phi) is 4.85. The van der Waals surface area contributed by atoms with Crippen LogP contribution in [0.1, 0.15) is 29.0 Å². The molecule has 4 rings (SSSR count). The Morgan fingerprint density at radius 1 is 1.07 bits per heavy atom. The molecular weight excluding hydrogens is 453 g/mol. The Labute approximate surface area is 171 Å². The van der Waals surface area contributed by atoms with E-state index in [1.165, 1.54) is 12.1 Å². The van der Waals surface area contributed by atoms with Gasteiger partial charge in [-0.25, -0.2) is 0 Å². The van der Waals surface area contributed by atoms with Crippen LogP contribution in [0.4, 0.5) is 24.5 Å². The molecule has 9 heteroatoms. The van der Waals surface area contributed by atoms with Gasteiger partial charge in [0.1, 0.15) is 5.58 Å². The van der Waals surface area contributed by atoms with Crippen LogP contribution in [0.5, 0.6) is 0 Å². The van der Waals surface area contributed by atoms with Gasteiger partial charge in [-0.3, -0.25) is 9.59 Å². The number of amides is 2. The summed E-state index contributed by atoms with van der Waals surface area (Å²) in [6.45, 7) is 0. The number of carbonyl (C=O) groups excluding carboxylic acids is 2. The lowest BCUT2D eigenvalue weighted by molar-refractivity contribution is -0.137. The maximum absolute atomic E-state index is 13.5. The molecule has 0 spiro atoms. The third kappa shape index (κ3) is 4.14. The lowest BCUT2D eigenvalue weighted by atomic mass is 10.1. The number of benzene rings is 2. The molecule has 2 N–H and O–H groups in total. The van der Waals surface area contributed by atoms with Crippen molar-refractivity contribution in [2.75, 3.05) is 10.6 Å². The summed E-state index contributed by atoms with van der Waals surface area (Å²) < 4.78 is 46.6. The predicted octanol–water partition coefficient (Wildman–Crippen LogP) is 5.81. The molecule has 1 saturated carbocycles. The molecule has 0 radical (unpaired) electrons. The zero-order valence-corrected chi connectivity index (χ0v) is 16.4. The van der Waals surface area contributed by atoms with Gasteiger partial charge >= 0.3 is 6.18 Å². The molecule has 1 aromatic heterocycles. The van der Waals surface area contributed by atoms with E-state index in [9.17, 15) is 22.8 Å². The summed E-state index contributed by atoms with van der Waals surface area (Å²) >= 11 is 3.30. The van der Waals surface area contributed by atoms with Crippen LogP contribution < -0.4 is 10.6 Å². The number of furan rings is 1. The van der Waals surface area contributed by atoms with Crippen molar-refractivity contribution < 1.29 is 27.2 Å². The standard InChI is InChI=1S/C20H14BrF3N2O3/c21-14-3-1-2-11-8-16(29-17(11)14)19(28)26-15-7-6-12(9-13(15)20(22,23)24)25-18(27)10-4-5-10/h1-3,6-10H,4-5H2,(H,25,27)(H,26,28). The summed E-state index contributed by atoms with van der Waals surface area (Å²) in [5.41, 5.74) is -1.03. The van der Waals surface area contributed by atoms with Gasteiger partial charge in [-0.05, 0) is 59.1 Å². The lowest BCUT2D eigenvalue weighted by Crippen LogP contribution is -2.18. The average molecular weight is 467 g/mol. The fourth-order valence-electron chi connectivity index (χ4n) is 2.88. The fraction of sp³-hybridized carbons (Fsp3) is 0.200. The number of halogens is 4. The van der Waals surface area contributed by atoms with Gasteiger partial charge in [0.15, 0.2) is 5.76 Å². The van der Waals surface area contributed by atoms with E-state index in [-0.39, 0.29) is 23.3 Å². The highest BCUT2D eigenvalue weighted by Gasteiger charge is 2.35. The number of para-hydroxylation sites is 1. The van der Waals surface area contributed by atoms with Crippen LogP contribution in [-0.2, 0) is 11.0 Å². The van der Waals surface area contributed by atoms with E-state index in [1.807, 2.05) is 0 Å². The second-order valence-corrected chi connectivity index (χ2v) is 7.60. The highest BCUT2D eigenvalue weighted by atomic mass is 79.9. The predicted molar refractivity (Wildman–Crippen MR) is 105 cm³/mol. The number of rotatable bonds is 4. The van der Waals surface area contributed by atoms with Crippen molar-refractivity contribution >= 4 is 50.1 Å². The monoisotopic (exact) mass is 466 g/mol. The van der Waals surface area contributed by atoms with Crippen LogP contribution in [0.2, 0.25) is 0 Å². The van der Waals surface area contributed by atoms with Crippen molar-refractivity contribution in [2.45, 2.75) is 19.0 Å². The van der Waals surface area contributed by atoms with E-state index in [0.29, 0.717) is 15.4 Å². The van der Waals surface area contributed by atoms with E-state index in [1.54, 1.807) is 18.2 Å². The van der Waals surface area contributed by atoms with E-state index >= 15 is 0 Å². The van der Waals surface area contributed by atoms with Gasteiger partial charge in [-0.1, -0.05) is 12.1 Å². The van der Waals surface area contributed by atoms with E-state index in [0.717, 1.165) is 25.0 Å². The smallest absolute Gasteiger partial charge is 0.418 e. The molecule has 0 atom stereocenters. The number of hydrogen-bond donors (Lipinski definition) is 2. The van der Waals surface area contributed by atoms with Crippen molar-refractivity contribution in [1.82, 2.24) is 0 Å². The lowest BCUT2D eigenvalue weighted by Gasteiger charge is -2.15. The van der Waals surface area contributed by atoms with Crippen LogP contribution >= 0.6 is 15.9 Å². The first-order valence-corrected chi connectivity index (χ1v) is 9.53. The number of fused-ring (bicyclic) bond motifs is 1. The van der Waals surface area contributed by atoms with Gasteiger partial charge in [-0.15, -0.1) is 0 Å². The maximum Gasteiger partial charge on any atom is 0.418 e. The van der Waals surface area contributed by atoms with E-state index in [4.69, 9.17) is 4.42 Å². The largest absolute Gasteiger partial charge is 0.450 e. The van der Waals surface area contributed by atoms with Crippen molar-refractivity contribution in [3.05, 3.63) is 58.3 Å². The molecule has 3 aromatic rings. The quantitative estimate of drug-likeness (QED) is 0.509. The number of hydrogen-bond acceptors (Lipinski definition) is 3. The van der Waals surface area contributed by atoms with Crippen LogP contribution in [0, 0.1) is 5.92 Å².